The maximum atomic E-state index is 12.1. The number of hydrogen-bond donors (Lipinski definition) is 2. The van der Waals surface area contributed by atoms with E-state index in [2.05, 4.69) is 40.7 Å². The van der Waals surface area contributed by atoms with E-state index in [9.17, 15) is 13.2 Å². The maximum Gasteiger partial charge on any atom is 0.390 e. The van der Waals surface area contributed by atoms with E-state index < -0.39 is 12.6 Å². The minimum absolute atomic E-state index is 0. The van der Waals surface area contributed by atoms with Crippen LogP contribution in [-0.2, 0) is 6.42 Å². The normalized spacial score (nSPS) is 11.8. The van der Waals surface area contributed by atoms with E-state index in [1.165, 1.54) is 16.7 Å². The second kappa shape index (κ2) is 9.91. The third-order valence-electron chi connectivity index (χ3n) is 3.11. The third kappa shape index (κ3) is 8.45. The molecule has 0 aliphatic rings. The summed E-state index contributed by atoms with van der Waals surface area (Å²) in [5, 5.41) is 5.67. The summed E-state index contributed by atoms with van der Waals surface area (Å²) < 4.78 is 36.2. The average molecular weight is 429 g/mol. The van der Waals surface area contributed by atoms with Crippen molar-refractivity contribution in [3.63, 3.8) is 0 Å². The van der Waals surface area contributed by atoms with Gasteiger partial charge in [-0.05, 0) is 31.4 Å². The van der Waals surface area contributed by atoms with Crippen molar-refractivity contribution < 1.29 is 13.2 Å². The van der Waals surface area contributed by atoms with Crippen LogP contribution in [0.25, 0.3) is 0 Å². The lowest BCUT2D eigenvalue weighted by atomic mass is 10.0. The molecule has 0 aliphatic heterocycles. The molecule has 2 N–H and O–H groups in total. The van der Waals surface area contributed by atoms with E-state index in [0.29, 0.717) is 12.5 Å². The predicted octanol–water partition coefficient (Wildman–Crippen LogP) is 3.58. The molecule has 1 aromatic rings. The molecule has 22 heavy (non-hydrogen) atoms. The van der Waals surface area contributed by atoms with Crippen molar-refractivity contribution in [2.75, 3.05) is 20.1 Å². The molecule has 126 valence electrons. The monoisotopic (exact) mass is 429 g/mol. The molecule has 1 aromatic carbocycles. The number of guanidine groups is 1. The molecule has 3 nitrogen and oxygen atoms in total. The second-order valence-electron chi connectivity index (χ2n) is 4.97. The third-order valence-corrected chi connectivity index (χ3v) is 3.11. The molecule has 1 rings (SSSR count). The molecule has 0 unspecified atom stereocenters. The van der Waals surface area contributed by atoms with E-state index in [0.717, 1.165) is 6.42 Å². The molecule has 7 heteroatoms. The predicted molar refractivity (Wildman–Crippen MR) is 95.1 cm³/mol. The number of aryl methyl sites for hydroxylation is 2. The highest BCUT2D eigenvalue weighted by molar-refractivity contribution is 14.0. The van der Waals surface area contributed by atoms with Gasteiger partial charge < -0.3 is 10.6 Å². The van der Waals surface area contributed by atoms with Crippen LogP contribution >= 0.6 is 24.0 Å². The van der Waals surface area contributed by atoms with E-state index in [1.807, 2.05) is 6.92 Å². The summed E-state index contributed by atoms with van der Waals surface area (Å²) in [4.78, 5) is 3.90. The van der Waals surface area contributed by atoms with E-state index in [1.54, 1.807) is 7.05 Å². The highest BCUT2D eigenvalue weighted by Crippen LogP contribution is 2.18. The topological polar surface area (TPSA) is 36.4 Å². The summed E-state index contributed by atoms with van der Waals surface area (Å²) in [6.07, 6.45) is -4.22. The van der Waals surface area contributed by atoms with Crippen LogP contribution in [-0.4, -0.2) is 32.3 Å². The Kier molecular flexibility index (Phi) is 9.47. The molecule has 0 radical (unpaired) electrons. The maximum absolute atomic E-state index is 12.1. The number of benzene rings is 1. The first-order valence-electron chi connectivity index (χ1n) is 6.89. The van der Waals surface area contributed by atoms with Crippen molar-refractivity contribution in [3.05, 3.63) is 34.9 Å². The second-order valence-corrected chi connectivity index (χ2v) is 4.97. The lowest BCUT2D eigenvalue weighted by Crippen LogP contribution is -2.39. The quantitative estimate of drug-likeness (QED) is 0.427. The molecule has 0 heterocycles. The van der Waals surface area contributed by atoms with Gasteiger partial charge in [0.2, 0.25) is 0 Å². The van der Waals surface area contributed by atoms with Crippen LogP contribution in [0.5, 0.6) is 0 Å². The number of rotatable bonds is 5. The first-order chi connectivity index (χ1) is 9.81. The Morgan fingerprint density at radius 1 is 1.14 bits per heavy atom. The summed E-state index contributed by atoms with van der Waals surface area (Å²) in [5.41, 5.74) is 3.66. The fourth-order valence-corrected chi connectivity index (χ4v) is 1.99. The van der Waals surface area contributed by atoms with E-state index in [-0.39, 0.29) is 30.5 Å². The molecule has 0 saturated carbocycles. The zero-order chi connectivity index (χ0) is 15.9. The lowest BCUT2D eigenvalue weighted by Gasteiger charge is -2.13. The van der Waals surface area contributed by atoms with Crippen molar-refractivity contribution >= 4 is 29.9 Å². The highest BCUT2D eigenvalue weighted by atomic mass is 127. The molecule has 0 atom stereocenters. The number of alkyl halides is 3. The fraction of sp³-hybridized carbons (Fsp3) is 0.533. The van der Waals surface area contributed by atoms with Gasteiger partial charge in [0, 0.05) is 20.1 Å². The Bertz CT molecular complexity index is 487. The molecule has 0 saturated heterocycles. The number of nitrogens with zero attached hydrogens (tertiary/aromatic N) is 1. The van der Waals surface area contributed by atoms with Gasteiger partial charge in [-0.15, -0.1) is 24.0 Å². The molecule has 0 aromatic heterocycles. The summed E-state index contributed by atoms with van der Waals surface area (Å²) in [6, 6.07) is 6.25. The van der Waals surface area contributed by atoms with Crippen molar-refractivity contribution in [3.8, 4) is 0 Å². The summed E-state index contributed by atoms with van der Waals surface area (Å²) >= 11 is 0. The number of aliphatic imine (C=N–C) groups is 1. The Labute approximate surface area is 146 Å². The van der Waals surface area contributed by atoms with Crippen LogP contribution in [0, 0.1) is 13.8 Å². The number of hydrogen-bond acceptors (Lipinski definition) is 1. The van der Waals surface area contributed by atoms with Crippen molar-refractivity contribution in [2.24, 2.45) is 4.99 Å². The van der Waals surface area contributed by atoms with Crippen molar-refractivity contribution in [2.45, 2.75) is 32.9 Å². The van der Waals surface area contributed by atoms with E-state index >= 15 is 0 Å². The molecule has 0 amide bonds. The Morgan fingerprint density at radius 3 is 2.32 bits per heavy atom. The minimum atomic E-state index is -4.15. The first-order valence-corrected chi connectivity index (χ1v) is 6.89. The number of halogens is 4. The van der Waals surface area contributed by atoms with Gasteiger partial charge in [0.1, 0.15) is 0 Å². The Morgan fingerprint density at radius 2 is 1.77 bits per heavy atom. The van der Waals surface area contributed by atoms with Gasteiger partial charge in [-0.25, -0.2) is 0 Å². The van der Waals surface area contributed by atoms with Crippen LogP contribution in [0.1, 0.15) is 23.1 Å². The minimum Gasteiger partial charge on any atom is -0.356 e. The van der Waals surface area contributed by atoms with Crippen LogP contribution in [0.3, 0.4) is 0 Å². The summed E-state index contributed by atoms with van der Waals surface area (Å²) in [6.45, 7) is 4.54. The zero-order valence-electron chi connectivity index (χ0n) is 13.0. The average Bonchev–Trinajstić information content (AvgIpc) is 2.38. The summed E-state index contributed by atoms with van der Waals surface area (Å²) in [7, 11) is 1.54. The molecule has 0 bridgehead atoms. The number of nitrogens with one attached hydrogen (secondary N) is 2. The van der Waals surface area contributed by atoms with Crippen molar-refractivity contribution in [1.29, 1.82) is 0 Å². The first kappa shape index (κ1) is 21.0. The van der Waals surface area contributed by atoms with Crippen LogP contribution in [0.4, 0.5) is 13.2 Å². The van der Waals surface area contributed by atoms with Crippen LogP contribution in [0.15, 0.2) is 23.2 Å². The summed E-state index contributed by atoms with van der Waals surface area (Å²) in [5.74, 6) is 0.393. The van der Waals surface area contributed by atoms with Gasteiger partial charge in [0.05, 0.1) is 6.42 Å². The molecule has 0 aliphatic carbocycles. The van der Waals surface area contributed by atoms with E-state index in [4.69, 9.17) is 0 Å². The largest absolute Gasteiger partial charge is 0.390 e. The van der Waals surface area contributed by atoms with Gasteiger partial charge in [0.15, 0.2) is 5.96 Å². The molecular weight excluding hydrogens is 406 g/mol. The molecule has 0 spiro atoms. The highest BCUT2D eigenvalue weighted by Gasteiger charge is 2.26. The zero-order valence-corrected chi connectivity index (χ0v) is 15.4. The Hall–Kier alpha value is -0.990. The van der Waals surface area contributed by atoms with Gasteiger partial charge in [-0.1, -0.05) is 23.8 Å². The molecule has 0 fully saturated rings. The van der Waals surface area contributed by atoms with Crippen LogP contribution < -0.4 is 10.6 Å². The van der Waals surface area contributed by atoms with Gasteiger partial charge in [-0.2, -0.15) is 13.2 Å². The Balaban J connectivity index is 0.00000441. The standard InChI is InChI=1S/C15H22F3N3.HI/c1-11-4-5-13(12(2)10-11)6-8-20-14(19-3)21-9-7-15(16,17)18;/h4-5,10H,6-9H2,1-3H3,(H2,19,20,21);1H. The van der Waals surface area contributed by atoms with Gasteiger partial charge in [-0.3, -0.25) is 4.99 Å². The van der Waals surface area contributed by atoms with Gasteiger partial charge >= 0.3 is 6.18 Å². The molecular formula is C15H23F3IN3. The smallest absolute Gasteiger partial charge is 0.356 e. The van der Waals surface area contributed by atoms with Crippen molar-refractivity contribution in [1.82, 2.24) is 10.6 Å². The SMILES string of the molecule is CN=C(NCCc1ccc(C)cc1C)NCCC(F)(F)F.I. The van der Waals surface area contributed by atoms with Crippen LogP contribution in [0.2, 0.25) is 0 Å². The lowest BCUT2D eigenvalue weighted by molar-refractivity contribution is -0.132. The van der Waals surface area contributed by atoms with Gasteiger partial charge in [0.25, 0.3) is 0 Å². The fourth-order valence-electron chi connectivity index (χ4n) is 1.99.